The van der Waals surface area contributed by atoms with Crippen LogP contribution in [0.5, 0.6) is 0 Å². The second-order valence-electron chi connectivity index (χ2n) is 4.63. The summed E-state index contributed by atoms with van der Waals surface area (Å²) in [5.41, 5.74) is 1.79. The first-order chi connectivity index (χ1) is 8.58. The third-order valence-electron chi connectivity index (χ3n) is 3.31. The van der Waals surface area contributed by atoms with Crippen LogP contribution in [-0.2, 0) is 16.3 Å². The Morgan fingerprint density at radius 3 is 2.89 bits per heavy atom. The number of anilines is 1. The van der Waals surface area contributed by atoms with Gasteiger partial charge in [0, 0.05) is 12.6 Å². The molecule has 18 heavy (non-hydrogen) atoms. The molecule has 2 rings (SSSR count). The van der Waals surface area contributed by atoms with E-state index in [0.717, 1.165) is 17.7 Å². The molecule has 0 bridgehead atoms. The first kappa shape index (κ1) is 13.4. The Balaban J connectivity index is 2.38. The normalized spacial score (nSPS) is 21.1. The standard InChI is InChI=1S/C13H19NO3S/c1-2-10-5-3-7-12-13(10)14-11(6-4-8-15)9-18(12,16)17/h3,5,7,11,14-15H,2,4,6,8-9H2,1H3. The highest BCUT2D eigenvalue weighted by molar-refractivity contribution is 7.91. The number of aryl methyl sites for hydroxylation is 1. The molecule has 0 aliphatic carbocycles. The molecule has 0 saturated carbocycles. The predicted molar refractivity (Wildman–Crippen MR) is 71.6 cm³/mol. The molecule has 0 amide bonds. The van der Waals surface area contributed by atoms with Crippen molar-refractivity contribution >= 4 is 15.5 Å². The number of hydrogen-bond donors (Lipinski definition) is 2. The minimum absolute atomic E-state index is 0.0950. The van der Waals surface area contributed by atoms with Gasteiger partial charge in [-0.15, -0.1) is 0 Å². The highest BCUT2D eigenvalue weighted by Crippen LogP contribution is 2.32. The van der Waals surface area contributed by atoms with Gasteiger partial charge in [-0.25, -0.2) is 8.42 Å². The number of sulfone groups is 1. The van der Waals surface area contributed by atoms with Crippen LogP contribution in [0.4, 0.5) is 5.69 Å². The van der Waals surface area contributed by atoms with Crippen molar-refractivity contribution in [1.29, 1.82) is 0 Å². The Morgan fingerprint density at radius 1 is 1.44 bits per heavy atom. The summed E-state index contributed by atoms with van der Waals surface area (Å²) < 4.78 is 24.4. The molecule has 1 heterocycles. The zero-order valence-electron chi connectivity index (χ0n) is 10.5. The van der Waals surface area contributed by atoms with Crippen LogP contribution in [0.15, 0.2) is 23.1 Å². The summed E-state index contributed by atoms with van der Waals surface area (Å²) in [4.78, 5) is 0.419. The van der Waals surface area contributed by atoms with Gasteiger partial charge in [-0.05, 0) is 30.9 Å². The maximum absolute atomic E-state index is 12.2. The van der Waals surface area contributed by atoms with E-state index in [1.165, 1.54) is 0 Å². The first-order valence-electron chi connectivity index (χ1n) is 6.30. The molecule has 5 heteroatoms. The van der Waals surface area contributed by atoms with Crippen molar-refractivity contribution in [2.75, 3.05) is 17.7 Å². The summed E-state index contributed by atoms with van der Waals surface area (Å²) in [6, 6.07) is 5.32. The van der Waals surface area contributed by atoms with Gasteiger partial charge in [-0.2, -0.15) is 0 Å². The summed E-state index contributed by atoms with van der Waals surface area (Å²) in [7, 11) is -3.20. The van der Waals surface area contributed by atoms with Crippen LogP contribution in [0.2, 0.25) is 0 Å². The largest absolute Gasteiger partial charge is 0.396 e. The van der Waals surface area contributed by atoms with E-state index < -0.39 is 9.84 Å². The quantitative estimate of drug-likeness (QED) is 0.871. The summed E-state index contributed by atoms with van der Waals surface area (Å²) in [6.45, 7) is 2.11. The first-order valence-corrected chi connectivity index (χ1v) is 7.95. The number of rotatable bonds is 4. The van der Waals surface area contributed by atoms with Crippen molar-refractivity contribution in [3.8, 4) is 0 Å². The topological polar surface area (TPSA) is 66.4 Å². The molecule has 1 aromatic rings. The van der Waals surface area contributed by atoms with Crippen LogP contribution in [0, 0.1) is 0 Å². The number of para-hydroxylation sites is 1. The van der Waals surface area contributed by atoms with Crippen molar-refractivity contribution in [3.63, 3.8) is 0 Å². The number of fused-ring (bicyclic) bond motifs is 1. The fourth-order valence-corrected chi connectivity index (χ4v) is 4.13. The lowest BCUT2D eigenvalue weighted by molar-refractivity contribution is 0.282. The molecule has 1 aliphatic heterocycles. The molecule has 2 N–H and O–H groups in total. The molecule has 0 saturated heterocycles. The Bertz CT molecular complexity index is 525. The second kappa shape index (κ2) is 5.28. The number of hydrogen-bond acceptors (Lipinski definition) is 4. The SMILES string of the molecule is CCc1cccc2c1NC(CCCO)CS2(=O)=O. The van der Waals surface area contributed by atoms with Gasteiger partial charge in [0.2, 0.25) is 0 Å². The highest BCUT2D eigenvalue weighted by Gasteiger charge is 2.30. The summed E-state index contributed by atoms with van der Waals surface area (Å²) in [5.74, 6) is 0.118. The van der Waals surface area contributed by atoms with Crippen LogP contribution < -0.4 is 5.32 Å². The van der Waals surface area contributed by atoms with Gasteiger partial charge in [0.05, 0.1) is 16.3 Å². The Kier molecular flexibility index (Phi) is 3.92. The molecular weight excluding hydrogens is 250 g/mol. The Morgan fingerprint density at radius 2 is 2.22 bits per heavy atom. The van der Waals surface area contributed by atoms with Gasteiger partial charge in [0.15, 0.2) is 9.84 Å². The molecule has 0 spiro atoms. The van der Waals surface area contributed by atoms with E-state index in [0.29, 0.717) is 17.7 Å². The lowest BCUT2D eigenvalue weighted by atomic mass is 10.1. The van der Waals surface area contributed by atoms with Crippen LogP contribution in [0.3, 0.4) is 0 Å². The van der Waals surface area contributed by atoms with Crippen LogP contribution in [-0.4, -0.2) is 31.9 Å². The highest BCUT2D eigenvalue weighted by atomic mass is 32.2. The average molecular weight is 269 g/mol. The minimum Gasteiger partial charge on any atom is -0.396 e. The maximum atomic E-state index is 12.2. The number of nitrogens with one attached hydrogen (secondary N) is 1. The van der Waals surface area contributed by atoms with Gasteiger partial charge in [-0.1, -0.05) is 19.1 Å². The minimum atomic E-state index is -3.20. The second-order valence-corrected chi connectivity index (χ2v) is 6.63. The smallest absolute Gasteiger partial charge is 0.182 e. The molecule has 1 unspecified atom stereocenters. The van der Waals surface area contributed by atoms with Gasteiger partial charge < -0.3 is 10.4 Å². The van der Waals surface area contributed by atoms with Crippen molar-refractivity contribution in [2.45, 2.75) is 37.1 Å². The van der Waals surface area contributed by atoms with Gasteiger partial charge in [-0.3, -0.25) is 0 Å². The number of aliphatic hydroxyl groups is 1. The Labute approximate surface area is 108 Å². The maximum Gasteiger partial charge on any atom is 0.182 e. The zero-order valence-corrected chi connectivity index (χ0v) is 11.3. The Hall–Kier alpha value is -1.07. The molecule has 1 aromatic carbocycles. The van der Waals surface area contributed by atoms with Crippen LogP contribution in [0.25, 0.3) is 0 Å². The molecule has 100 valence electrons. The fourth-order valence-electron chi connectivity index (χ4n) is 2.39. The van der Waals surface area contributed by atoms with E-state index >= 15 is 0 Å². The van der Waals surface area contributed by atoms with Gasteiger partial charge in [0.1, 0.15) is 0 Å². The van der Waals surface area contributed by atoms with Gasteiger partial charge >= 0.3 is 0 Å². The van der Waals surface area contributed by atoms with Crippen molar-refractivity contribution in [3.05, 3.63) is 23.8 Å². The van der Waals surface area contributed by atoms with Crippen molar-refractivity contribution in [1.82, 2.24) is 0 Å². The van der Waals surface area contributed by atoms with E-state index in [-0.39, 0.29) is 18.4 Å². The summed E-state index contributed by atoms with van der Waals surface area (Å²) in [5, 5.41) is 12.2. The third kappa shape index (κ3) is 2.52. The monoisotopic (exact) mass is 269 g/mol. The molecule has 0 fully saturated rings. The lowest BCUT2D eigenvalue weighted by Gasteiger charge is -2.28. The summed E-state index contributed by atoms with van der Waals surface area (Å²) >= 11 is 0. The molecule has 1 aliphatic rings. The molecule has 0 aromatic heterocycles. The van der Waals surface area contributed by atoms with E-state index in [1.54, 1.807) is 12.1 Å². The van der Waals surface area contributed by atoms with E-state index in [4.69, 9.17) is 5.11 Å². The lowest BCUT2D eigenvalue weighted by Crippen LogP contribution is -2.35. The van der Waals surface area contributed by atoms with E-state index in [2.05, 4.69) is 5.32 Å². The van der Waals surface area contributed by atoms with Crippen molar-refractivity contribution < 1.29 is 13.5 Å². The van der Waals surface area contributed by atoms with E-state index in [1.807, 2.05) is 13.0 Å². The molecule has 0 radical (unpaired) electrons. The fraction of sp³-hybridized carbons (Fsp3) is 0.538. The van der Waals surface area contributed by atoms with Gasteiger partial charge in [0.25, 0.3) is 0 Å². The van der Waals surface area contributed by atoms with Crippen LogP contribution in [0.1, 0.15) is 25.3 Å². The summed E-state index contributed by atoms with van der Waals surface area (Å²) in [6.07, 6.45) is 2.10. The molecular formula is C13H19NO3S. The number of benzene rings is 1. The molecule has 1 atom stereocenters. The zero-order chi connectivity index (χ0) is 13.2. The number of aliphatic hydroxyl groups excluding tert-OH is 1. The average Bonchev–Trinajstić information content (AvgIpc) is 2.35. The molecule has 4 nitrogen and oxygen atoms in total. The van der Waals surface area contributed by atoms with Crippen LogP contribution >= 0.6 is 0 Å². The van der Waals surface area contributed by atoms with Crippen molar-refractivity contribution in [2.24, 2.45) is 0 Å². The third-order valence-corrected chi connectivity index (χ3v) is 5.16. The predicted octanol–water partition coefficient (Wildman–Crippen LogP) is 1.59. The van der Waals surface area contributed by atoms with E-state index in [9.17, 15) is 8.42 Å².